The molecule has 0 radical (unpaired) electrons. The number of aromatic nitrogens is 2. The minimum atomic E-state index is -0.569. The van der Waals surface area contributed by atoms with Crippen LogP contribution in [-0.2, 0) is 6.61 Å². The Hall–Kier alpha value is -3.22. The molecular weight excluding hydrogens is 298 g/mol. The summed E-state index contributed by atoms with van der Waals surface area (Å²) >= 11 is 0. The number of rotatable bonds is 5. The first kappa shape index (κ1) is 14.7. The summed E-state index contributed by atoms with van der Waals surface area (Å²) in [5.74, 6) is 0.266. The second-order valence-electron chi connectivity index (χ2n) is 4.83. The van der Waals surface area contributed by atoms with Gasteiger partial charge < -0.3 is 19.3 Å². The molecule has 0 fully saturated rings. The third-order valence-electron chi connectivity index (χ3n) is 3.10. The zero-order valence-corrected chi connectivity index (χ0v) is 12.3. The lowest BCUT2D eigenvalue weighted by Gasteiger charge is -2.04. The minimum absolute atomic E-state index is 0.0575. The molecule has 7 heteroatoms. The molecule has 0 bridgehead atoms. The Morgan fingerprint density at radius 1 is 1.17 bits per heavy atom. The second-order valence-corrected chi connectivity index (χ2v) is 4.83. The van der Waals surface area contributed by atoms with Crippen molar-refractivity contribution in [1.82, 2.24) is 9.97 Å². The van der Waals surface area contributed by atoms with Gasteiger partial charge in [-0.25, -0.2) is 4.98 Å². The van der Waals surface area contributed by atoms with Crippen LogP contribution >= 0.6 is 0 Å². The summed E-state index contributed by atoms with van der Waals surface area (Å²) in [5.41, 5.74) is 1.94. The number of pyridine rings is 1. The van der Waals surface area contributed by atoms with Gasteiger partial charge in [0.1, 0.15) is 24.3 Å². The summed E-state index contributed by atoms with van der Waals surface area (Å²) in [4.78, 5) is 18.6. The number of benzene rings is 1. The molecule has 3 aromatic rings. The van der Waals surface area contributed by atoms with Crippen molar-refractivity contribution in [2.75, 3.05) is 0 Å². The van der Waals surface area contributed by atoms with Crippen molar-refractivity contribution in [2.24, 2.45) is 0 Å². The smallest absolute Gasteiger partial charge is 0.406 e. The van der Waals surface area contributed by atoms with Crippen molar-refractivity contribution in [1.29, 1.82) is 0 Å². The predicted molar refractivity (Wildman–Crippen MR) is 81.9 cm³/mol. The van der Waals surface area contributed by atoms with Crippen LogP contribution in [0.1, 0.15) is 11.4 Å². The summed E-state index contributed by atoms with van der Waals surface area (Å²) in [6, 6.07) is 12.6. The quantitative estimate of drug-likeness (QED) is 0.528. The Labute approximate surface area is 131 Å². The summed E-state index contributed by atoms with van der Waals surface area (Å²) in [6.07, 6.45) is 1.47. The molecular formula is C16H13N3O4. The monoisotopic (exact) mass is 311 g/mol. The maximum Gasteiger partial charge on any atom is 0.406 e. The number of oxazole rings is 1. The lowest BCUT2D eigenvalue weighted by atomic mass is 10.2. The van der Waals surface area contributed by atoms with Gasteiger partial charge in [0.25, 0.3) is 0 Å². The fraction of sp³-hybridized carbons (Fsp3) is 0.125. The van der Waals surface area contributed by atoms with E-state index < -0.39 is 4.92 Å². The molecule has 0 aliphatic heterocycles. The average molecular weight is 311 g/mol. The van der Waals surface area contributed by atoms with Gasteiger partial charge in [0, 0.05) is 12.5 Å². The molecule has 0 atom stereocenters. The van der Waals surface area contributed by atoms with Gasteiger partial charge >= 0.3 is 5.82 Å². The number of hydrogen-bond acceptors (Lipinski definition) is 6. The van der Waals surface area contributed by atoms with E-state index in [4.69, 9.17) is 9.15 Å². The minimum Gasteiger partial charge on any atom is -0.479 e. The third kappa shape index (κ3) is 3.34. The third-order valence-corrected chi connectivity index (χ3v) is 3.10. The predicted octanol–water partition coefficient (Wildman–Crippen LogP) is 3.53. The first-order valence-electron chi connectivity index (χ1n) is 6.88. The molecule has 0 saturated carbocycles. The summed E-state index contributed by atoms with van der Waals surface area (Å²) < 4.78 is 10.9. The molecule has 0 unspecified atom stereocenters. The maximum absolute atomic E-state index is 11.0. The SMILES string of the molecule is Cc1ccc(OCc2coc(-c3ccccc3)n2)c([N+](=O)[O-])n1. The first-order valence-corrected chi connectivity index (χ1v) is 6.88. The highest BCUT2D eigenvalue weighted by molar-refractivity contribution is 5.52. The lowest BCUT2D eigenvalue weighted by Crippen LogP contribution is -2.02. The van der Waals surface area contributed by atoms with Crippen molar-refractivity contribution in [2.45, 2.75) is 13.5 Å². The van der Waals surface area contributed by atoms with Gasteiger partial charge in [0.15, 0.2) is 0 Å². The van der Waals surface area contributed by atoms with E-state index >= 15 is 0 Å². The molecule has 0 aliphatic rings. The average Bonchev–Trinajstić information content (AvgIpc) is 3.03. The van der Waals surface area contributed by atoms with Crippen LogP contribution in [0.4, 0.5) is 5.82 Å². The van der Waals surface area contributed by atoms with Crippen LogP contribution < -0.4 is 4.74 Å². The Morgan fingerprint density at radius 2 is 1.96 bits per heavy atom. The van der Waals surface area contributed by atoms with Crippen molar-refractivity contribution < 1.29 is 14.1 Å². The van der Waals surface area contributed by atoms with Crippen LogP contribution in [0.15, 0.2) is 53.1 Å². The molecule has 0 aliphatic carbocycles. The fourth-order valence-electron chi connectivity index (χ4n) is 2.01. The normalized spacial score (nSPS) is 10.5. The van der Waals surface area contributed by atoms with E-state index in [0.717, 1.165) is 5.56 Å². The van der Waals surface area contributed by atoms with Gasteiger partial charge in [-0.3, -0.25) is 0 Å². The fourth-order valence-corrected chi connectivity index (χ4v) is 2.01. The molecule has 0 saturated heterocycles. The highest BCUT2D eigenvalue weighted by Gasteiger charge is 2.18. The molecule has 1 aromatic carbocycles. The van der Waals surface area contributed by atoms with E-state index in [1.165, 1.54) is 12.3 Å². The van der Waals surface area contributed by atoms with E-state index in [0.29, 0.717) is 17.3 Å². The number of ether oxygens (including phenoxy) is 1. The molecule has 23 heavy (non-hydrogen) atoms. The number of aryl methyl sites for hydroxylation is 1. The van der Waals surface area contributed by atoms with Crippen molar-refractivity contribution >= 4 is 5.82 Å². The highest BCUT2D eigenvalue weighted by Crippen LogP contribution is 2.26. The Balaban J connectivity index is 1.75. The van der Waals surface area contributed by atoms with E-state index in [-0.39, 0.29) is 18.2 Å². The van der Waals surface area contributed by atoms with E-state index in [1.807, 2.05) is 30.3 Å². The molecule has 3 rings (SSSR count). The van der Waals surface area contributed by atoms with Gasteiger partial charge in [-0.1, -0.05) is 18.2 Å². The largest absolute Gasteiger partial charge is 0.479 e. The summed E-state index contributed by atoms with van der Waals surface area (Å²) in [7, 11) is 0. The molecule has 0 spiro atoms. The van der Waals surface area contributed by atoms with Gasteiger partial charge in [0.2, 0.25) is 11.6 Å². The topological polar surface area (TPSA) is 91.3 Å². The molecule has 0 N–H and O–H groups in total. The van der Waals surface area contributed by atoms with Crippen molar-refractivity contribution in [3.8, 4) is 17.2 Å². The Morgan fingerprint density at radius 3 is 2.70 bits per heavy atom. The Bertz CT molecular complexity index is 830. The zero-order valence-electron chi connectivity index (χ0n) is 12.3. The maximum atomic E-state index is 11.0. The van der Waals surface area contributed by atoms with Gasteiger partial charge in [-0.15, -0.1) is 0 Å². The molecule has 2 aromatic heterocycles. The summed E-state index contributed by atoms with van der Waals surface area (Å²) in [6.45, 7) is 1.74. The zero-order chi connectivity index (χ0) is 16.2. The molecule has 2 heterocycles. The number of nitro groups is 1. The van der Waals surface area contributed by atoms with Crippen LogP contribution in [0.25, 0.3) is 11.5 Å². The van der Waals surface area contributed by atoms with Gasteiger partial charge in [-0.2, -0.15) is 0 Å². The van der Waals surface area contributed by atoms with Crippen LogP contribution in [-0.4, -0.2) is 14.9 Å². The van der Waals surface area contributed by atoms with E-state index in [9.17, 15) is 10.1 Å². The number of hydrogen-bond donors (Lipinski definition) is 0. The van der Waals surface area contributed by atoms with E-state index in [1.54, 1.807) is 13.0 Å². The summed E-state index contributed by atoms with van der Waals surface area (Å²) in [5, 5.41) is 11.0. The van der Waals surface area contributed by atoms with Crippen LogP contribution in [0, 0.1) is 17.0 Å². The Kier molecular flexibility index (Phi) is 4.01. The van der Waals surface area contributed by atoms with Crippen molar-refractivity contribution in [3.63, 3.8) is 0 Å². The lowest BCUT2D eigenvalue weighted by molar-refractivity contribution is -0.390. The van der Waals surface area contributed by atoms with E-state index in [2.05, 4.69) is 9.97 Å². The first-order chi connectivity index (χ1) is 11.1. The molecule has 0 amide bonds. The molecule has 7 nitrogen and oxygen atoms in total. The van der Waals surface area contributed by atoms with Crippen LogP contribution in [0.2, 0.25) is 0 Å². The second kappa shape index (κ2) is 6.27. The number of nitrogens with zero attached hydrogens (tertiary/aromatic N) is 3. The van der Waals surface area contributed by atoms with Gasteiger partial charge in [-0.05, 0) is 34.2 Å². The molecule has 116 valence electrons. The highest BCUT2D eigenvalue weighted by atomic mass is 16.6. The van der Waals surface area contributed by atoms with Crippen LogP contribution in [0.5, 0.6) is 5.75 Å². The van der Waals surface area contributed by atoms with Crippen LogP contribution in [0.3, 0.4) is 0 Å². The van der Waals surface area contributed by atoms with Crippen molar-refractivity contribution in [3.05, 3.63) is 70.2 Å². The van der Waals surface area contributed by atoms with Gasteiger partial charge in [0.05, 0.1) is 0 Å². The standard InChI is InChI=1S/C16H13N3O4/c1-11-7-8-14(15(17-11)19(20)21)22-9-13-10-23-16(18-13)12-5-3-2-4-6-12/h2-8,10H,9H2,1H3.